The van der Waals surface area contributed by atoms with Crippen LogP contribution in [-0.4, -0.2) is 0 Å². The second-order valence-corrected chi connectivity index (χ2v) is 17.3. The zero-order valence-electron chi connectivity index (χ0n) is 31.5. The lowest BCUT2D eigenvalue weighted by atomic mass is 9.68. The van der Waals surface area contributed by atoms with Crippen molar-refractivity contribution in [3.63, 3.8) is 0 Å². The highest BCUT2D eigenvalue weighted by Crippen LogP contribution is 2.56. The van der Waals surface area contributed by atoms with E-state index in [1.807, 2.05) is 22.7 Å². The van der Waals surface area contributed by atoms with Crippen molar-refractivity contribution in [2.45, 2.75) is 5.41 Å². The van der Waals surface area contributed by atoms with Crippen molar-refractivity contribution >= 4 is 80.1 Å². The highest BCUT2D eigenvalue weighted by molar-refractivity contribution is 7.26. The molecule has 0 radical (unpaired) electrons. The number of benzene rings is 9. The maximum absolute atomic E-state index is 2.46. The fraction of sp³-hybridized carbons (Fsp3) is 0.0182. The molecule has 3 heteroatoms. The molecular weight excluding hydrogens is 739 g/mol. The van der Waals surface area contributed by atoms with E-state index < -0.39 is 5.41 Å². The van der Waals surface area contributed by atoms with Gasteiger partial charge in [0.25, 0.3) is 0 Å². The lowest BCUT2D eigenvalue weighted by Gasteiger charge is -2.34. The van der Waals surface area contributed by atoms with Crippen LogP contribution < -0.4 is 4.90 Å². The third-order valence-corrected chi connectivity index (χ3v) is 14.6. The van der Waals surface area contributed by atoms with E-state index in [1.54, 1.807) is 0 Å². The fourth-order valence-corrected chi connectivity index (χ4v) is 12.1. The predicted molar refractivity (Wildman–Crippen MR) is 250 cm³/mol. The molecule has 11 aromatic rings. The molecule has 1 nitrogen and oxygen atoms in total. The molecule has 0 bridgehead atoms. The minimum absolute atomic E-state index is 0.446. The van der Waals surface area contributed by atoms with E-state index in [0.29, 0.717) is 0 Å². The van der Waals surface area contributed by atoms with Gasteiger partial charge in [0.2, 0.25) is 0 Å². The SMILES string of the molecule is c1ccc(C2(c3ccc(N(c4ccc(-c5cccc6c5sc5ccccc56)cc4)c4cccc5c4sc4ccccc45)cc3)c3ccccc3-c3ccccc32)cc1. The first kappa shape index (κ1) is 33.4. The predicted octanol–water partition coefficient (Wildman–Crippen LogP) is 15.9. The zero-order chi connectivity index (χ0) is 38.2. The zero-order valence-corrected chi connectivity index (χ0v) is 33.1. The molecule has 0 saturated heterocycles. The maximum atomic E-state index is 2.46. The molecule has 0 unspecified atom stereocenters. The van der Waals surface area contributed by atoms with Crippen molar-refractivity contribution in [3.05, 3.63) is 235 Å². The average Bonchev–Trinajstić information content (AvgIpc) is 3.97. The average molecular weight is 774 g/mol. The number of fused-ring (bicyclic) bond motifs is 9. The molecule has 1 aliphatic rings. The molecule has 12 rings (SSSR count). The molecule has 0 saturated carbocycles. The molecule has 0 fully saturated rings. The van der Waals surface area contributed by atoms with E-state index in [-0.39, 0.29) is 0 Å². The van der Waals surface area contributed by atoms with Crippen LogP contribution in [-0.2, 0) is 5.41 Å². The van der Waals surface area contributed by atoms with Crippen molar-refractivity contribution in [2.75, 3.05) is 4.90 Å². The maximum Gasteiger partial charge on any atom is 0.0713 e. The molecule has 0 amide bonds. The smallest absolute Gasteiger partial charge is 0.0713 e. The summed E-state index contributed by atoms with van der Waals surface area (Å²) in [6.45, 7) is 0. The number of hydrogen-bond donors (Lipinski definition) is 0. The molecule has 0 atom stereocenters. The van der Waals surface area contributed by atoms with Crippen molar-refractivity contribution < 1.29 is 0 Å². The number of rotatable bonds is 6. The van der Waals surface area contributed by atoms with Crippen LogP contribution in [0.2, 0.25) is 0 Å². The summed E-state index contributed by atoms with van der Waals surface area (Å²) in [6, 6.07) is 78.6. The number of hydrogen-bond acceptors (Lipinski definition) is 3. The topological polar surface area (TPSA) is 3.24 Å². The Labute approximate surface area is 345 Å². The third-order valence-electron chi connectivity index (χ3n) is 12.2. The van der Waals surface area contributed by atoms with Crippen molar-refractivity contribution in [1.29, 1.82) is 0 Å². The van der Waals surface area contributed by atoms with Crippen LogP contribution >= 0.6 is 22.7 Å². The monoisotopic (exact) mass is 773 g/mol. The summed E-state index contributed by atoms with van der Waals surface area (Å²) in [5.41, 5.74) is 13.3. The van der Waals surface area contributed by atoms with E-state index in [0.717, 1.165) is 11.4 Å². The molecule has 9 aromatic carbocycles. The first-order valence-electron chi connectivity index (χ1n) is 19.8. The molecule has 0 N–H and O–H groups in total. The van der Waals surface area contributed by atoms with E-state index >= 15 is 0 Å². The quantitative estimate of drug-likeness (QED) is 0.163. The lowest BCUT2D eigenvalue weighted by Crippen LogP contribution is -2.28. The van der Waals surface area contributed by atoms with Crippen LogP contribution in [0.3, 0.4) is 0 Å². The second kappa shape index (κ2) is 13.1. The van der Waals surface area contributed by atoms with Gasteiger partial charge in [-0.25, -0.2) is 0 Å². The minimum atomic E-state index is -0.446. The number of nitrogens with zero attached hydrogens (tertiary/aromatic N) is 1. The van der Waals surface area contributed by atoms with Gasteiger partial charge in [0.15, 0.2) is 0 Å². The summed E-state index contributed by atoms with van der Waals surface area (Å²) in [4.78, 5) is 2.46. The van der Waals surface area contributed by atoms with E-state index in [2.05, 4.69) is 217 Å². The van der Waals surface area contributed by atoms with Gasteiger partial charge in [0.1, 0.15) is 0 Å². The molecule has 58 heavy (non-hydrogen) atoms. The summed E-state index contributed by atoms with van der Waals surface area (Å²) in [7, 11) is 0. The van der Waals surface area contributed by atoms with Crippen molar-refractivity contribution in [1.82, 2.24) is 0 Å². The standard InChI is InChI=1S/C55H35NS2/c1-2-14-37(15-3-1)55(48-23-8-4-16-42(48)43-17-5-9-24-49(43)55)38-30-34-40(35-31-38)56(50-25-13-22-47-45-19-7-11-27-52(45)58-54(47)50)39-32-28-36(29-33-39)41-20-12-21-46-44-18-6-10-26-51(44)57-53(41)46/h1-35H. The Morgan fingerprint density at radius 1 is 0.328 bits per heavy atom. The number of thiophene rings is 2. The second-order valence-electron chi connectivity index (χ2n) is 15.2. The van der Waals surface area contributed by atoms with Gasteiger partial charge in [0, 0.05) is 47.0 Å². The first-order chi connectivity index (χ1) is 28.8. The van der Waals surface area contributed by atoms with Gasteiger partial charge < -0.3 is 4.90 Å². The van der Waals surface area contributed by atoms with Crippen LogP contribution in [0.4, 0.5) is 17.1 Å². The minimum Gasteiger partial charge on any atom is -0.309 e. The van der Waals surface area contributed by atoms with Gasteiger partial charge in [0.05, 0.1) is 15.8 Å². The van der Waals surface area contributed by atoms with Gasteiger partial charge in [-0.05, 0) is 87.0 Å². The first-order valence-corrected chi connectivity index (χ1v) is 21.5. The molecule has 2 aromatic heterocycles. The largest absolute Gasteiger partial charge is 0.309 e. The van der Waals surface area contributed by atoms with Gasteiger partial charge >= 0.3 is 0 Å². The van der Waals surface area contributed by atoms with Crippen LogP contribution in [0.1, 0.15) is 22.3 Å². The fourth-order valence-electron chi connectivity index (χ4n) is 9.67. The van der Waals surface area contributed by atoms with Gasteiger partial charge in [-0.15, -0.1) is 22.7 Å². The highest BCUT2D eigenvalue weighted by Gasteiger charge is 2.45. The Kier molecular flexibility index (Phi) is 7.56. The van der Waals surface area contributed by atoms with Crippen molar-refractivity contribution in [2.24, 2.45) is 0 Å². The van der Waals surface area contributed by atoms with E-state index in [1.165, 1.54) is 90.5 Å². The normalized spacial score (nSPS) is 13.0. The third kappa shape index (κ3) is 4.87. The molecule has 0 spiro atoms. The van der Waals surface area contributed by atoms with Crippen LogP contribution in [0.5, 0.6) is 0 Å². The van der Waals surface area contributed by atoms with E-state index in [9.17, 15) is 0 Å². The Bertz CT molecular complexity index is 3290. The summed E-state index contributed by atoms with van der Waals surface area (Å²) < 4.78 is 5.24. The summed E-state index contributed by atoms with van der Waals surface area (Å²) in [5.74, 6) is 0. The Morgan fingerprint density at radius 2 is 0.793 bits per heavy atom. The lowest BCUT2D eigenvalue weighted by molar-refractivity contribution is 0.768. The van der Waals surface area contributed by atoms with Crippen molar-refractivity contribution in [3.8, 4) is 22.3 Å². The molecular formula is C55H35NS2. The van der Waals surface area contributed by atoms with Crippen LogP contribution in [0.15, 0.2) is 212 Å². The van der Waals surface area contributed by atoms with E-state index in [4.69, 9.17) is 0 Å². The van der Waals surface area contributed by atoms with Gasteiger partial charge in [-0.3, -0.25) is 0 Å². The summed E-state index contributed by atoms with van der Waals surface area (Å²) in [5, 5.41) is 5.23. The highest BCUT2D eigenvalue weighted by atomic mass is 32.1. The molecule has 0 aliphatic heterocycles. The van der Waals surface area contributed by atoms with Gasteiger partial charge in [-0.2, -0.15) is 0 Å². The van der Waals surface area contributed by atoms with Crippen LogP contribution in [0.25, 0.3) is 62.6 Å². The molecule has 2 heterocycles. The summed E-state index contributed by atoms with van der Waals surface area (Å²) >= 11 is 3.76. The number of anilines is 3. The Morgan fingerprint density at radius 3 is 1.45 bits per heavy atom. The van der Waals surface area contributed by atoms with Gasteiger partial charge in [-0.1, -0.05) is 170 Å². The molecule has 1 aliphatic carbocycles. The Hall–Kier alpha value is -6.78. The summed E-state index contributed by atoms with van der Waals surface area (Å²) in [6.07, 6.45) is 0. The Balaban J connectivity index is 1.04. The molecule has 272 valence electrons. The van der Waals surface area contributed by atoms with Crippen LogP contribution in [0, 0.1) is 0 Å².